The molecule has 10 heavy (non-hydrogen) atoms. The van der Waals surface area contributed by atoms with E-state index in [1.807, 2.05) is 0 Å². The smallest absolute Gasteiger partial charge is 0.358 e. The Morgan fingerprint density at radius 1 is 0.900 bits per heavy atom. The number of hydrogen-bond acceptors (Lipinski definition) is 2. The van der Waals surface area contributed by atoms with Crippen LogP contribution in [0.5, 0.6) is 0 Å². The average molecular weight is 231 g/mol. The van der Waals surface area contributed by atoms with Crippen molar-refractivity contribution < 1.29 is 45.9 Å². The third-order valence-electron chi connectivity index (χ3n) is 0.400. The van der Waals surface area contributed by atoms with Gasteiger partial charge in [-0.2, -0.15) is 0 Å². The summed E-state index contributed by atoms with van der Waals surface area (Å²) in [5.74, 6) is 0. The van der Waals surface area contributed by atoms with Crippen molar-refractivity contribution in [1.82, 2.24) is 0 Å². The van der Waals surface area contributed by atoms with Crippen LogP contribution in [0.1, 0.15) is 0 Å². The summed E-state index contributed by atoms with van der Waals surface area (Å²) in [5.41, 5.74) is 0. The second-order valence-corrected chi connectivity index (χ2v) is 0.871. The molecule has 0 fully saturated rings. The van der Waals surface area contributed by atoms with Crippen LogP contribution in [0.15, 0.2) is 0 Å². The van der Waals surface area contributed by atoms with Crippen molar-refractivity contribution in [3.05, 3.63) is 14.9 Å². The topological polar surface area (TPSA) is 66.1 Å². The van der Waals surface area contributed by atoms with E-state index in [1.165, 1.54) is 0 Å². The van der Waals surface area contributed by atoms with Crippen molar-refractivity contribution in [1.29, 1.82) is 0 Å². The van der Waals surface area contributed by atoms with Crippen molar-refractivity contribution in [3.63, 3.8) is 0 Å². The monoisotopic (exact) mass is 230 g/mol. The molecule has 0 aromatic rings. The Hall–Kier alpha value is 0.723. The molecule has 0 aliphatic heterocycles. The normalized spacial score (nSPS) is 6.60. The fourth-order valence-corrected chi connectivity index (χ4v) is 0.160. The Morgan fingerprint density at radius 2 is 1.20 bits per heavy atom. The molecular weight excluding hydrogens is 215 g/mol. The summed E-state index contributed by atoms with van der Waals surface area (Å²) in [6.07, 6.45) is 0. The van der Waals surface area contributed by atoms with Crippen molar-refractivity contribution in [2.24, 2.45) is 0 Å². The minimum Gasteiger partial charge on any atom is -0.358 e. The van der Waals surface area contributed by atoms with Crippen LogP contribution in [0.3, 0.4) is 0 Å². The van der Waals surface area contributed by atoms with Crippen LogP contribution in [0.2, 0.25) is 0 Å². The molecule has 0 heterocycles. The Labute approximate surface area is 81.3 Å². The molecule has 0 unspecified atom stereocenters. The first kappa shape index (κ1) is 22.4. The van der Waals surface area contributed by atoms with E-state index in [0.29, 0.717) is 0 Å². The van der Waals surface area contributed by atoms with Crippen LogP contribution < -0.4 is 0 Å². The van der Waals surface area contributed by atoms with Gasteiger partial charge < -0.3 is 34.5 Å². The molecule has 4 N–H and O–H groups in total. The van der Waals surface area contributed by atoms with Crippen LogP contribution in [-0.4, -0.2) is 40.1 Å². The molecule has 0 amide bonds. The van der Waals surface area contributed by atoms with Gasteiger partial charge in [0.1, 0.15) is 0 Å². The standard InChI is InChI=1S/C3H8O4.2CH3.Zr/c4-1-6-3-7-2-5;;;/h4-5H,1-3H2;2*1H3;/q;2*-1;+2/p+2. The fourth-order valence-electron chi connectivity index (χ4n) is 0.160. The predicted molar refractivity (Wildman–Crippen MR) is 36.3 cm³/mol. The molecule has 0 saturated carbocycles. The summed E-state index contributed by atoms with van der Waals surface area (Å²) < 4.78 is 6.78. The largest absolute Gasteiger partial charge is 2.00 e. The van der Waals surface area contributed by atoms with E-state index >= 15 is 0 Å². The SMILES string of the molecule is OC[OH+]C[OH+]CO.[CH3-].[CH3-].[Zr+2]. The molecular formula is C5H16O4Zr+2. The van der Waals surface area contributed by atoms with Gasteiger partial charge in [-0.05, 0) is 0 Å². The molecule has 0 saturated heterocycles. The zero-order valence-corrected chi connectivity index (χ0v) is 8.87. The van der Waals surface area contributed by atoms with E-state index in [4.69, 9.17) is 10.2 Å². The Bertz CT molecular complexity index is 32.8. The molecule has 0 bridgehead atoms. The van der Waals surface area contributed by atoms with E-state index in [2.05, 4.69) is 9.47 Å². The van der Waals surface area contributed by atoms with E-state index in [1.54, 1.807) is 0 Å². The Kier molecular flexibility index (Phi) is 50.7. The molecule has 0 aromatic heterocycles. The maximum absolute atomic E-state index is 7.98. The van der Waals surface area contributed by atoms with Crippen molar-refractivity contribution in [2.45, 2.75) is 0 Å². The summed E-state index contributed by atoms with van der Waals surface area (Å²) in [5, 5.41) is 16.0. The van der Waals surface area contributed by atoms with Gasteiger partial charge in [-0.25, -0.2) is 0 Å². The minimum absolute atomic E-state index is 0. The molecule has 0 spiro atoms. The molecule has 0 atom stereocenters. The molecule has 0 aliphatic carbocycles. The number of aliphatic hydroxyl groups excluding tert-OH is 2. The quantitative estimate of drug-likeness (QED) is 0.276. The Balaban J connectivity index is -0.0000000600. The summed E-state index contributed by atoms with van der Waals surface area (Å²) in [6, 6.07) is 0. The molecule has 0 radical (unpaired) electrons. The van der Waals surface area contributed by atoms with Crippen LogP contribution in [0.4, 0.5) is 0 Å². The zero-order valence-electron chi connectivity index (χ0n) is 6.41. The van der Waals surface area contributed by atoms with Gasteiger partial charge in [-0.3, -0.25) is 0 Å². The van der Waals surface area contributed by atoms with Gasteiger partial charge in [0.05, 0.1) is 0 Å². The predicted octanol–water partition coefficient (Wildman–Crippen LogP) is -1.20. The second-order valence-electron chi connectivity index (χ2n) is 0.871. The van der Waals surface area contributed by atoms with Gasteiger partial charge in [-0.15, -0.1) is 0 Å². The molecule has 0 rings (SSSR count). The first-order valence-corrected chi connectivity index (χ1v) is 1.90. The van der Waals surface area contributed by atoms with Gasteiger partial charge >= 0.3 is 33.0 Å². The van der Waals surface area contributed by atoms with E-state index in [9.17, 15) is 0 Å². The van der Waals surface area contributed by atoms with Gasteiger partial charge in [0.25, 0.3) is 13.6 Å². The van der Waals surface area contributed by atoms with Gasteiger partial charge in [0.2, 0.25) is 0 Å². The molecule has 0 aliphatic rings. The second kappa shape index (κ2) is 22.6. The number of ether oxygens (including phenoxy) is 2. The molecule has 0 aromatic carbocycles. The van der Waals surface area contributed by atoms with Gasteiger partial charge in [0, 0.05) is 0 Å². The summed E-state index contributed by atoms with van der Waals surface area (Å²) in [4.78, 5) is 0. The molecule has 4 nitrogen and oxygen atoms in total. The molecule has 62 valence electrons. The van der Waals surface area contributed by atoms with Crippen LogP contribution >= 0.6 is 0 Å². The third kappa shape index (κ3) is 23.3. The zero-order chi connectivity index (χ0) is 5.54. The number of rotatable bonds is 4. The van der Waals surface area contributed by atoms with E-state index in [0.717, 1.165) is 0 Å². The van der Waals surface area contributed by atoms with Crippen molar-refractivity contribution >= 4 is 0 Å². The summed E-state index contributed by atoms with van der Waals surface area (Å²) in [6.45, 7) is -0.250. The van der Waals surface area contributed by atoms with E-state index in [-0.39, 0.29) is 61.4 Å². The first-order chi connectivity index (χ1) is 3.41. The van der Waals surface area contributed by atoms with Crippen LogP contribution in [-0.2, 0) is 26.2 Å². The minimum atomic E-state index is -0.219. The third-order valence-corrected chi connectivity index (χ3v) is 0.400. The van der Waals surface area contributed by atoms with Gasteiger partial charge in [-0.1, -0.05) is 0 Å². The van der Waals surface area contributed by atoms with Crippen molar-refractivity contribution in [3.8, 4) is 0 Å². The number of hydrogen-bond donors (Lipinski definition) is 2. The maximum Gasteiger partial charge on any atom is 2.00 e. The van der Waals surface area contributed by atoms with Crippen LogP contribution in [0, 0.1) is 14.9 Å². The Morgan fingerprint density at radius 3 is 1.40 bits per heavy atom. The molecule has 5 heteroatoms. The van der Waals surface area contributed by atoms with Gasteiger partial charge in [0.15, 0.2) is 0 Å². The summed E-state index contributed by atoms with van der Waals surface area (Å²) >= 11 is 0. The number of aliphatic hydroxyl groups is 6. The average Bonchev–Trinajstić information content (AvgIpc) is 1.69. The first-order valence-electron chi connectivity index (χ1n) is 1.90. The van der Waals surface area contributed by atoms with Crippen molar-refractivity contribution in [2.75, 3.05) is 20.4 Å². The van der Waals surface area contributed by atoms with Crippen LogP contribution in [0.25, 0.3) is 0 Å². The van der Waals surface area contributed by atoms with E-state index < -0.39 is 0 Å². The fraction of sp³-hybridized carbons (Fsp3) is 0.600. The maximum atomic E-state index is 7.98. The summed E-state index contributed by atoms with van der Waals surface area (Å²) in [7, 11) is 0.